The Hall–Kier alpha value is -1.88. The minimum Gasteiger partial charge on any atom is -0.465 e. The Labute approximate surface area is 124 Å². The number of carbonyl (C=O) groups excluding carboxylic acids is 2. The lowest BCUT2D eigenvalue weighted by molar-refractivity contribution is -0.122. The molecule has 1 aliphatic carbocycles. The molecule has 1 amide bonds. The molecule has 114 valence electrons. The van der Waals surface area contributed by atoms with E-state index in [1.54, 1.807) is 12.1 Å². The molecule has 0 aliphatic heterocycles. The van der Waals surface area contributed by atoms with Crippen molar-refractivity contribution in [1.82, 2.24) is 5.32 Å². The van der Waals surface area contributed by atoms with Crippen molar-refractivity contribution in [2.45, 2.75) is 38.3 Å². The topological polar surface area (TPSA) is 81.4 Å². The van der Waals surface area contributed by atoms with Crippen molar-refractivity contribution in [1.29, 1.82) is 0 Å². The zero-order chi connectivity index (χ0) is 15.2. The molecule has 0 aromatic heterocycles. The first-order valence-corrected chi connectivity index (χ1v) is 7.30. The molecule has 1 saturated carbocycles. The molecule has 21 heavy (non-hydrogen) atoms. The van der Waals surface area contributed by atoms with E-state index in [1.165, 1.54) is 7.11 Å². The molecule has 1 aliphatic rings. The number of esters is 1. The van der Waals surface area contributed by atoms with E-state index in [0.717, 1.165) is 37.8 Å². The van der Waals surface area contributed by atoms with Crippen molar-refractivity contribution in [3.63, 3.8) is 0 Å². The number of rotatable bonds is 5. The van der Waals surface area contributed by atoms with Crippen molar-refractivity contribution in [3.8, 4) is 0 Å². The lowest BCUT2D eigenvalue weighted by Crippen LogP contribution is -2.38. The molecule has 0 radical (unpaired) electrons. The Bertz CT molecular complexity index is 499. The van der Waals surface area contributed by atoms with Gasteiger partial charge >= 0.3 is 5.97 Å². The summed E-state index contributed by atoms with van der Waals surface area (Å²) in [7, 11) is 1.37. The molecule has 5 nitrogen and oxygen atoms in total. The number of ether oxygens (including phenoxy) is 1. The number of methoxy groups -OCH3 is 1. The maximum Gasteiger partial charge on any atom is 0.337 e. The highest BCUT2D eigenvalue weighted by molar-refractivity contribution is 5.89. The Kier molecular flexibility index (Phi) is 5.33. The van der Waals surface area contributed by atoms with Gasteiger partial charge in [0.2, 0.25) is 5.91 Å². The van der Waals surface area contributed by atoms with Gasteiger partial charge < -0.3 is 15.8 Å². The van der Waals surface area contributed by atoms with Crippen LogP contribution in [0.2, 0.25) is 0 Å². The Morgan fingerprint density at radius 3 is 2.62 bits per heavy atom. The number of benzene rings is 1. The summed E-state index contributed by atoms with van der Waals surface area (Å²) in [5, 5.41) is 3.46. The third-order valence-electron chi connectivity index (χ3n) is 4.05. The average Bonchev–Trinajstić information content (AvgIpc) is 2.53. The van der Waals surface area contributed by atoms with Crippen LogP contribution in [0.4, 0.5) is 0 Å². The second-order valence-corrected chi connectivity index (χ2v) is 5.53. The van der Waals surface area contributed by atoms with Crippen molar-refractivity contribution in [2.24, 2.45) is 11.7 Å². The number of hydrogen-bond acceptors (Lipinski definition) is 4. The van der Waals surface area contributed by atoms with Crippen LogP contribution < -0.4 is 11.1 Å². The zero-order valence-electron chi connectivity index (χ0n) is 12.3. The van der Waals surface area contributed by atoms with E-state index in [1.807, 2.05) is 12.1 Å². The van der Waals surface area contributed by atoms with Crippen molar-refractivity contribution >= 4 is 11.9 Å². The van der Waals surface area contributed by atoms with Gasteiger partial charge in [-0.1, -0.05) is 18.6 Å². The molecule has 0 heterocycles. The molecular weight excluding hydrogens is 268 g/mol. The van der Waals surface area contributed by atoms with Gasteiger partial charge in [-0.05, 0) is 37.0 Å². The van der Waals surface area contributed by atoms with Gasteiger partial charge in [-0.3, -0.25) is 4.79 Å². The van der Waals surface area contributed by atoms with E-state index < -0.39 is 0 Å². The molecule has 0 bridgehead atoms. The largest absolute Gasteiger partial charge is 0.465 e. The first-order chi connectivity index (χ1) is 10.1. The van der Waals surface area contributed by atoms with Crippen LogP contribution >= 0.6 is 0 Å². The fourth-order valence-corrected chi connectivity index (χ4v) is 2.77. The van der Waals surface area contributed by atoms with Crippen molar-refractivity contribution in [3.05, 3.63) is 35.4 Å². The Balaban J connectivity index is 1.85. The minimum absolute atomic E-state index is 0.00190. The quantitative estimate of drug-likeness (QED) is 0.807. The molecule has 0 unspecified atom stereocenters. The van der Waals surface area contributed by atoms with E-state index in [9.17, 15) is 9.59 Å². The Morgan fingerprint density at radius 2 is 2.00 bits per heavy atom. The van der Waals surface area contributed by atoms with E-state index in [4.69, 9.17) is 5.73 Å². The minimum atomic E-state index is -0.328. The van der Waals surface area contributed by atoms with Crippen LogP contribution in [0.3, 0.4) is 0 Å². The maximum atomic E-state index is 11.3. The molecule has 1 aromatic rings. The molecular formula is C16H22N2O3. The van der Waals surface area contributed by atoms with Crippen LogP contribution in [0.25, 0.3) is 0 Å². The van der Waals surface area contributed by atoms with E-state index in [-0.39, 0.29) is 17.8 Å². The molecule has 2 rings (SSSR count). The third kappa shape index (κ3) is 4.29. The summed E-state index contributed by atoms with van der Waals surface area (Å²) in [6.07, 6.45) is 3.83. The van der Waals surface area contributed by atoms with E-state index >= 15 is 0 Å². The molecule has 0 saturated heterocycles. The second-order valence-electron chi connectivity index (χ2n) is 5.53. The SMILES string of the molecule is COC(=O)c1ccc(CN[C@H]2CCC[C@H](C(N)=O)C2)cc1. The highest BCUT2D eigenvalue weighted by Crippen LogP contribution is 2.24. The van der Waals surface area contributed by atoms with Crippen LogP contribution in [-0.2, 0) is 16.1 Å². The fraction of sp³-hybridized carbons (Fsp3) is 0.500. The van der Waals surface area contributed by atoms with Gasteiger partial charge in [0.05, 0.1) is 12.7 Å². The van der Waals surface area contributed by atoms with Crippen LogP contribution in [0.5, 0.6) is 0 Å². The number of nitrogens with one attached hydrogen (secondary N) is 1. The van der Waals surface area contributed by atoms with Gasteiger partial charge in [-0.15, -0.1) is 0 Å². The van der Waals surface area contributed by atoms with Crippen LogP contribution in [0.1, 0.15) is 41.6 Å². The third-order valence-corrected chi connectivity index (χ3v) is 4.05. The molecule has 3 N–H and O–H groups in total. The summed E-state index contributed by atoms with van der Waals surface area (Å²) < 4.78 is 4.67. The predicted octanol–water partition coefficient (Wildman–Crippen LogP) is 1.61. The van der Waals surface area contributed by atoms with Gasteiger partial charge in [0.1, 0.15) is 0 Å². The van der Waals surface area contributed by atoms with Gasteiger partial charge in [0.25, 0.3) is 0 Å². The number of nitrogens with two attached hydrogens (primary N) is 1. The highest BCUT2D eigenvalue weighted by atomic mass is 16.5. The van der Waals surface area contributed by atoms with Gasteiger partial charge in [-0.25, -0.2) is 4.79 Å². The monoisotopic (exact) mass is 290 g/mol. The van der Waals surface area contributed by atoms with Crippen LogP contribution in [0.15, 0.2) is 24.3 Å². The zero-order valence-corrected chi connectivity index (χ0v) is 12.3. The first-order valence-electron chi connectivity index (χ1n) is 7.30. The average molecular weight is 290 g/mol. The molecule has 1 fully saturated rings. The van der Waals surface area contributed by atoms with E-state index in [2.05, 4.69) is 10.1 Å². The summed E-state index contributed by atoms with van der Waals surface area (Å²) in [5.41, 5.74) is 7.03. The smallest absolute Gasteiger partial charge is 0.337 e. The number of carbonyl (C=O) groups is 2. The highest BCUT2D eigenvalue weighted by Gasteiger charge is 2.25. The van der Waals surface area contributed by atoms with Crippen LogP contribution in [-0.4, -0.2) is 25.0 Å². The van der Waals surface area contributed by atoms with Crippen molar-refractivity contribution in [2.75, 3.05) is 7.11 Å². The number of amides is 1. The standard InChI is InChI=1S/C16H22N2O3/c1-21-16(20)12-7-5-11(6-8-12)10-18-14-4-2-3-13(9-14)15(17)19/h5-8,13-14,18H,2-4,9-10H2,1H3,(H2,17,19)/t13-,14-/m0/s1. The lowest BCUT2D eigenvalue weighted by Gasteiger charge is -2.28. The van der Waals surface area contributed by atoms with Gasteiger partial charge in [-0.2, -0.15) is 0 Å². The molecule has 2 atom stereocenters. The maximum absolute atomic E-state index is 11.3. The van der Waals surface area contributed by atoms with Gasteiger partial charge in [0, 0.05) is 18.5 Å². The summed E-state index contributed by atoms with van der Waals surface area (Å²) in [6, 6.07) is 7.67. The number of primary amides is 1. The predicted molar refractivity (Wildman–Crippen MR) is 79.6 cm³/mol. The van der Waals surface area contributed by atoms with Crippen molar-refractivity contribution < 1.29 is 14.3 Å². The normalized spacial score (nSPS) is 21.8. The van der Waals surface area contributed by atoms with Crippen LogP contribution in [0, 0.1) is 5.92 Å². The summed E-state index contributed by atoms with van der Waals surface area (Å²) >= 11 is 0. The van der Waals surface area contributed by atoms with E-state index in [0.29, 0.717) is 11.6 Å². The summed E-state index contributed by atoms with van der Waals surface area (Å²) in [4.78, 5) is 22.6. The molecule has 1 aromatic carbocycles. The fourth-order valence-electron chi connectivity index (χ4n) is 2.77. The Morgan fingerprint density at radius 1 is 1.29 bits per heavy atom. The second kappa shape index (κ2) is 7.22. The molecule has 0 spiro atoms. The first kappa shape index (κ1) is 15.5. The summed E-state index contributed by atoms with van der Waals surface area (Å²) in [5.74, 6) is -0.520. The van der Waals surface area contributed by atoms with Gasteiger partial charge in [0.15, 0.2) is 0 Å². The number of hydrogen-bond donors (Lipinski definition) is 2. The summed E-state index contributed by atoms with van der Waals surface area (Å²) in [6.45, 7) is 0.720. The molecule has 5 heteroatoms. The lowest BCUT2D eigenvalue weighted by atomic mass is 9.85.